The number of benzene rings is 1. The fourth-order valence-electron chi connectivity index (χ4n) is 5.44. The number of rotatable bonds is 6. The minimum atomic E-state index is -0.323. The van der Waals surface area contributed by atoms with Crippen molar-refractivity contribution in [2.75, 3.05) is 29.7 Å². The molecule has 1 saturated carbocycles. The summed E-state index contributed by atoms with van der Waals surface area (Å²) in [4.78, 5) is 34.9. The molecule has 2 aliphatic carbocycles. The molecular formula is C24H27ClN6O3. The predicted octanol–water partition coefficient (Wildman–Crippen LogP) is 3.27. The van der Waals surface area contributed by atoms with Gasteiger partial charge in [-0.1, -0.05) is 23.8 Å². The van der Waals surface area contributed by atoms with Crippen LogP contribution in [0.2, 0.25) is 5.02 Å². The first-order chi connectivity index (χ1) is 16.4. The summed E-state index contributed by atoms with van der Waals surface area (Å²) >= 11 is 6.40. The van der Waals surface area contributed by atoms with Crippen LogP contribution in [-0.4, -0.2) is 42.0 Å². The number of halogens is 1. The fourth-order valence-corrected chi connectivity index (χ4v) is 5.58. The van der Waals surface area contributed by atoms with Crippen LogP contribution in [0.3, 0.4) is 0 Å². The van der Waals surface area contributed by atoms with E-state index in [0.29, 0.717) is 34.6 Å². The summed E-state index contributed by atoms with van der Waals surface area (Å²) < 4.78 is 5.73. The van der Waals surface area contributed by atoms with Gasteiger partial charge in [-0.05, 0) is 43.2 Å². The molecule has 5 rings (SSSR count). The predicted molar refractivity (Wildman–Crippen MR) is 130 cm³/mol. The Morgan fingerprint density at radius 2 is 2.06 bits per heavy atom. The molecule has 2 heterocycles. The van der Waals surface area contributed by atoms with Crippen molar-refractivity contribution in [3.63, 3.8) is 0 Å². The number of hydrogen-bond donors (Lipinski definition) is 3. The number of aromatic nitrogens is 2. The van der Waals surface area contributed by atoms with Gasteiger partial charge in [-0.2, -0.15) is 4.98 Å². The second-order valence-electron chi connectivity index (χ2n) is 9.01. The maximum absolute atomic E-state index is 12.3. The van der Waals surface area contributed by atoms with Gasteiger partial charge in [0.15, 0.2) is 5.82 Å². The Morgan fingerprint density at radius 1 is 1.26 bits per heavy atom. The number of nitrogens with two attached hydrogens (primary N) is 1. The van der Waals surface area contributed by atoms with Gasteiger partial charge in [0.25, 0.3) is 0 Å². The van der Waals surface area contributed by atoms with Gasteiger partial charge in [0.1, 0.15) is 10.8 Å². The molecule has 1 aromatic heterocycles. The number of allylic oxidation sites excluding steroid dienone is 1. The molecule has 0 radical (unpaired) electrons. The summed E-state index contributed by atoms with van der Waals surface area (Å²) in [6.07, 6.45) is 8.58. The topological polar surface area (TPSA) is 122 Å². The molecule has 3 aliphatic rings. The Morgan fingerprint density at radius 3 is 2.82 bits per heavy atom. The van der Waals surface area contributed by atoms with Gasteiger partial charge >= 0.3 is 0 Å². The van der Waals surface area contributed by atoms with E-state index in [9.17, 15) is 9.59 Å². The third-order valence-electron chi connectivity index (χ3n) is 7.07. The smallest absolute Gasteiger partial charge is 0.229 e. The number of hydrogen-bond acceptors (Lipinski definition) is 7. The van der Waals surface area contributed by atoms with E-state index in [4.69, 9.17) is 22.1 Å². The van der Waals surface area contributed by atoms with E-state index in [0.717, 1.165) is 30.5 Å². The van der Waals surface area contributed by atoms with Gasteiger partial charge in [0, 0.05) is 25.1 Å². The summed E-state index contributed by atoms with van der Waals surface area (Å²) in [6.45, 7) is 0. The van der Waals surface area contributed by atoms with Crippen molar-refractivity contribution in [2.24, 2.45) is 23.5 Å². The minimum Gasteiger partial charge on any atom is -0.494 e. The number of amides is 2. The molecule has 1 aliphatic heterocycles. The van der Waals surface area contributed by atoms with E-state index >= 15 is 0 Å². The Balaban J connectivity index is 1.43. The number of carbonyl (C=O) groups excluding carboxylic acids is 2. The first-order valence-electron chi connectivity index (χ1n) is 11.4. The third-order valence-corrected chi connectivity index (χ3v) is 7.35. The van der Waals surface area contributed by atoms with Gasteiger partial charge in [-0.25, -0.2) is 4.98 Å². The Labute approximate surface area is 202 Å². The van der Waals surface area contributed by atoms with E-state index < -0.39 is 0 Å². The molecule has 2 bridgehead atoms. The summed E-state index contributed by atoms with van der Waals surface area (Å²) in [7, 11) is 3.39. The Hall–Kier alpha value is -3.33. The largest absolute Gasteiger partial charge is 0.494 e. The molecule has 34 heavy (non-hydrogen) atoms. The maximum atomic E-state index is 12.3. The minimum absolute atomic E-state index is 0.0861. The first kappa shape index (κ1) is 22.5. The number of anilines is 4. The van der Waals surface area contributed by atoms with Crippen molar-refractivity contribution in [1.29, 1.82) is 0 Å². The quantitative estimate of drug-likeness (QED) is 0.540. The molecule has 10 heteroatoms. The SMILES string of the molecule is COc1c(Nc2ncc(Cl)c(N[C@@H]3[C@H](C(N)=O)[C@H]4C=C[C@@H]3C4)n2)ccc2c1CCCC(=O)N2C. The highest BCUT2D eigenvalue weighted by molar-refractivity contribution is 6.32. The second kappa shape index (κ2) is 8.79. The lowest BCUT2D eigenvalue weighted by Crippen LogP contribution is -2.41. The van der Waals surface area contributed by atoms with Crippen LogP contribution >= 0.6 is 11.6 Å². The van der Waals surface area contributed by atoms with E-state index in [1.165, 1.54) is 6.20 Å². The third kappa shape index (κ3) is 3.83. The standard InChI is InChI=1S/C24H27ClN6O3/c1-31-17-9-8-16(21(34-2)14(17)4-3-5-18(31)32)28-24-27-11-15(25)23(30-24)29-20-13-7-6-12(10-13)19(20)22(26)33/h6-9,11-13,19-20H,3-5,10H2,1-2H3,(H2,26,33)(H2,27,28,29,30)/t12-,13+,19+,20-/m0/s1. The van der Waals surface area contributed by atoms with Gasteiger partial charge in [-0.15, -0.1) is 0 Å². The van der Waals surface area contributed by atoms with Crippen molar-refractivity contribution in [3.05, 3.63) is 41.1 Å². The molecule has 2 aromatic rings. The zero-order valence-electron chi connectivity index (χ0n) is 19.0. The Kier molecular flexibility index (Phi) is 5.81. The molecule has 1 fully saturated rings. The van der Waals surface area contributed by atoms with Crippen LogP contribution in [0.15, 0.2) is 30.5 Å². The number of nitrogens with one attached hydrogen (secondary N) is 2. The van der Waals surface area contributed by atoms with Gasteiger partial charge in [-0.3, -0.25) is 9.59 Å². The second-order valence-corrected chi connectivity index (χ2v) is 9.42. The maximum Gasteiger partial charge on any atom is 0.229 e. The number of ether oxygens (including phenoxy) is 1. The van der Waals surface area contributed by atoms with Crippen LogP contribution in [0.1, 0.15) is 24.8 Å². The summed E-state index contributed by atoms with van der Waals surface area (Å²) in [5.41, 5.74) is 8.18. The van der Waals surface area contributed by atoms with Crippen LogP contribution < -0.4 is 26.0 Å². The van der Waals surface area contributed by atoms with Gasteiger partial charge < -0.3 is 26.0 Å². The van der Waals surface area contributed by atoms with Crippen LogP contribution in [0.5, 0.6) is 5.75 Å². The average molecular weight is 483 g/mol. The molecule has 0 spiro atoms. The number of nitrogens with zero attached hydrogens (tertiary/aromatic N) is 3. The molecule has 4 N–H and O–H groups in total. The first-order valence-corrected chi connectivity index (χ1v) is 11.8. The van der Waals surface area contributed by atoms with E-state index in [1.807, 2.05) is 12.1 Å². The monoisotopic (exact) mass is 482 g/mol. The van der Waals surface area contributed by atoms with E-state index in [-0.39, 0.29) is 35.6 Å². The molecule has 0 unspecified atom stereocenters. The van der Waals surface area contributed by atoms with E-state index in [1.54, 1.807) is 19.1 Å². The van der Waals surface area contributed by atoms with Gasteiger partial charge in [0.05, 0.1) is 30.6 Å². The van der Waals surface area contributed by atoms with Crippen molar-refractivity contribution in [3.8, 4) is 5.75 Å². The van der Waals surface area contributed by atoms with Crippen LogP contribution in [0, 0.1) is 17.8 Å². The van der Waals surface area contributed by atoms with Crippen LogP contribution in [-0.2, 0) is 16.0 Å². The highest BCUT2D eigenvalue weighted by Crippen LogP contribution is 2.45. The molecule has 9 nitrogen and oxygen atoms in total. The highest BCUT2D eigenvalue weighted by Gasteiger charge is 2.47. The number of methoxy groups -OCH3 is 1. The molecule has 2 amide bonds. The summed E-state index contributed by atoms with van der Waals surface area (Å²) in [5, 5.41) is 6.93. The number of carbonyl (C=O) groups is 2. The van der Waals surface area contributed by atoms with Crippen molar-refractivity contribution in [1.82, 2.24) is 9.97 Å². The number of fused-ring (bicyclic) bond motifs is 3. The van der Waals surface area contributed by atoms with Crippen molar-refractivity contribution in [2.45, 2.75) is 31.7 Å². The fraction of sp³-hybridized carbons (Fsp3) is 0.417. The molecule has 4 atom stereocenters. The summed E-state index contributed by atoms with van der Waals surface area (Å²) in [6, 6.07) is 3.59. The molecular weight excluding hydrogens is 456 g/mol. The Bertz CT molecular complexity index is 1190. The molecule has 178 valence electrons. The van der Waals surface area contributed by atoms with Crippen LogP contribution in [0.4, 0.5) is 23.1 Å². The normalized spacial score (nSPS) is 25.1. The van der Waals surface area contributed by atoms with Crippen LogP contribution in [0.25, 0.3) is 0 Å². The average Bonchev–Trinajstić information content (AvgIpc) is 3.39. The zero-order valence-corrected chi connectivity index (χ0v) is 19.8. The molecule has 1 aromatic carbocycles. The lowest BCUT2D eigenvalue weighted by atomic mass is 9.88. The van der Waals surface area contributed by atoms with Crippen molar-refractivity contribution >= 4 is 46.6 Å². The lowest BCUT2D eigenvalue weighted by molar-refractivity contribution is -0.122. The van der Waals surface area contributed by atoms with E-state index in [2.05, 4.69) is 32.8 Å². The zero-order chi connectivity index (χ0) is 24.0. The molecule has 0 saturated heterocycles. The summed E-state index contributed by atoms with van der Waals surface area (Å²) in [5.74, 6) is 1.23. The van der Waals surface area contributed by atoms with Crippen molar-refractivity contribution < 1.29 is 14.3 Å². The highest BCUT2D eigenvalue weighted by atomic mass is 35.5. The van der Waals surface area contributed by atoms with Gasteiger partial charge in [0.2, 0.25) is 17.8 Å². The lowest BCUT2D eigenvalue weighted by Gasteiger charge is -2.27. The number of primary amides is 1.